The largest absolute Gasteiger partial charge is 0.462 e. The Labute approximate surface area is 566 Å². The highest BCUT2D eigenvalue weighted by Gasteiger charge is 2.83. The Hall–Kier alpha value is -5.78. The third-order valence-electron chi connectivity index (χ3n) is 30.5. The van der Waals surface area contributed by atoms with Crippen molar-refractivity contribution in [2.24, 2.45) is 69.0 Å². The maximum absolute atomic E-state index is 16.6. The third-order valence-corrected chi connectivity index (χ3v) is 30.5. The second-order valence-electron chi connectivity index (χ2n) is 34.4. The normalized spacial score (nSPS) is 41.3. The molecular formula is C88H104O7. The molecule has 12 aliphatic rings. The van der Waals surface area contributed by atoms with Gasteiger partial charge in [-0.25, -0.2) is 4.79 Å². The molecule has 2 heterocycles. The minimum Gasteiger partial charge on any atom is -0.462 e. The summed E-state index contributed by atoms with van der Waals surface area (Å²) in [6, 6.07) is 46.1. The van der Waals surface area contributed by atoms with Gasteiger partial charge in [-0.05, 0) is 242 Å². The Kier molecular flexibility index (Phi) is 15.5. The van der Waals surface area contributed by atoms with Gasteiger partial charge in [-0.1, -0.05) is 205 Å². The molecule has 7 heteroatoms. The smallest absolute Gasteiger partial charge is 0.331 e. The average molecular weight is 1270 g/mol. The molecule has 3 N–H and O–H groups in total. The molecule has 0 aromatic heterocycles. The molecule has 7 nitrogen and oxygen atoms in total. The number of aliphatic hydroxyl groups is 3. The second kappa shape index (κ2) is 23.4. The number of cyclic esters (lactones) is 1. The first-order chi connectivity index (χ1) is 46.1. The van der Waals surface area contributed by atoms with Crippen LogP contribution in [0.3, 0.4) is 0 Å². The molecule has 2 aliphatic heterocycles. The van der Waals surface area contributed by atoms with E-state index in [4.69, 9.17) is 9.47 Å². The van der Waals surface area contributed by atoms with Crippen LogP contribution in [0, 0.1) is 80.8 Å². The summed E-state index contributed by atoms with van der Waals surface area (Å²) < 4.78 is 13.3. The van der Waals surface area contributed by atoms with Crippen LogP contribution in [0.5, 0.6) is 0 Å². The van der Waals surface area contributed by atoms with Gasteiger partial charge in [-0.15, -0.1) is 0 Å². The van der Waals surface area contributed by atoms with Gasteiger partial charge in [-0.2, -0.15) is 0 Å². The van der Waals surface area contributed by atoms with Crippen molar-refractivity contribution in [3.63, 3.8) is 0 Å². The Morgan fingerprint density at radius 3 is 2.16 bits per heavy atom. The summed E-state index contributed by atoms with van der Waals surface area (Å²) in [5, 5.41) is 47.8. The van der Waals surface area contributed by atoms with Gasteiger partial charge in [0.1, 0.15) is 18.3 Å². The summed E-state index contributed by atoms with van der Waals surface area (Å²) in [6.07, 6.45) is 29.2. The molecule has 7 saturated carbocycles. The maximum Gasteiger partial charge on any atom is 0.331 e. The van der Waals surface area contributed by atoms with Gasteiger partial charge in [0, 0.05) is 28.7 Å². The van der Waals surface area contributed by atoms with Gasteiger partial charge in [-0.3, -0.25) is 4.79 Å². The number of hydrogen-bond acceptors (Lipinski definition) is 7. The highest BCUT2D eigenvalue weighted by atomic mass is 16.5. The molecule has 3 bridgehead atoms. The van der Waals surface area contributed by atoms with Gasteiger partial charge in [0.15, 0.2) is 0 Å². The number of hydrogen-bond donors (Lipinski definition) is 3. The fraction of sp³-hybridized carbons (Fsp3) is 0.591. The lowest BCUT2D eigenvalue weighted by Crippen LogP contribution is -2.84. The van der Waals surface area contributed by atoms with E-state index < -0.39 is 57.4 Å². The molecule has 20 unspecified atom stereocenters. The topological polar surface area (TPSA) is 113 Å². The van der Waals surface area contributed by atoms with E-state index in [2.05, 4.69) is 166 Å². The lowest BCUT2D eigenvalue weighted by atomic mass is 9.30. The molecule has 0 radical (unpaired) electrons. The van der Waals surface area contributed by atoms with E-state index in [9.17, 15) is 9.90 Å². The van der Waals surface area contributed by atoms with Crippen LogP contribution in [0.1, 0.15) is 239 Å². The Morgan fingerprint density at radius 2 is 1.39 bits per heavy atom. The van der Waals surface area contributed by atoms with Crippen LogP contribution in [-0.4, -0.2) is 57.3 Å². The lowest BCUT2D eigenvalue weighted by molar-refractivity contribution is -0.367. The van der Waals surface area contributed by atoms with E-state index in [0.29, 0.717) is 56.3 Å². The zero-order valence-corrected chi connectivity index (χ0v) is 57.1. The van der Waals surface area contributed by atoms with Gasteiger partial charge < -0.3 is 24.8 Å². The first-order valence-electron chi connectivity index (χ1n) is 38.2. The number of ether oxygens (including phenoxy) is 2. The number of aryl methyl sites for hydroxylation is 1. The van der Waals surface area contributed by atoms with Crippen molar-refractivity contribution >= 4 is 22.7 Å². The van der Waals surface area contributed by atoms with Crippen molar-refractivity contribution in [3.05, 3.63) is 179 Å². The lowest BCUT2D eigenvalue weighted by Gasteiger charge is -2.76. The van der Waals surface area contributed by atoms with E-state index in [1.165, 1.54) is 91.7 Å². The SMILES string of the molecule is CC(CCCc1ccccc1)CC1C#CC2CCC(C3(c4ccccc4)CCCCC3)CC2C(=O)OC2CC3(C)C=CC1(O)C1(C(O)CCC(C)(C4CCC56CCC7CC8(c9ccccc9)CCCCC8c8ccc9cccc(c9c8C75)C6C4)C21)C3(O)CCC1=CC(=O)OC1. The second-order valence-corrected chi connectivity index (χ2v) is 34.4. The van der Waals surface area contributed by atoms with E-state index in [1.807, 2.05) is 0 Å². The van der Waals surface area contributed by atoms with Crippen molar-refractivity contribution in [2.45, 2.75) is 246 Å². The molecule has 5 aromatic rings. The number of carbonyl (C=O) groups excluding carboxylic acids is 2. The summed E-state index contributed by atoms with van der Waals surface area (Å²) in [5.74, 6) is 7.54. The van der Waals surface area contributed by atoms with Crippen LogP contribution < -0.4 is 0 Å². The number of fused-ring (bicyclic) bond motifs is 5. The van der Waals surface area contributed by atoms with Crippen LogP contribution in [-0.2, 0) is 36.3 Å². The van der Waals surface area contributed by atoms with Crippen molar-refractivity contribution < 1.29 is 34.4 Å². The van der Waals surface area contributed by atoms with Crippen LogP contribution in [0.25, 0.3) is 10.8 Å². The Morgan fingerprint density at radius 1 is 0.653 bits per heavy atom. The highest BCUT2D eigenvalue weighted by Crippen LogP contribution is 2.80. The molecule has 10 aliphatic carbocycles. The third kappa shape index (κ3) is 9.25. The summed E-state index contributed by atoms with van der Waals surface area (Å²) in [5.41, 5.74) is 3.12. The molecule has 2 spiro atoms. The molecule has 0 saturated heterocycles. The molecule has 17 rings (SSSR count). The fourth-order valence-corrected chi connectivity index (χ4v) is 26.4. The van der Waals surface area contributed by atoms with Crippen molar-refractivity contribution in [1.29, 1.82) is 0 Å². The highest BCUT2D eigenvalue weighted by molar-refractivity contribution is 5.93. The molecule has 7 fully saturated rings. The fourth-order valence-electron chi connectivity index (χ4n) is 26.4. The molecule has 498 valence electrons. The van der Waals surface area contributed by atoms with Crippen LogP contribution in [0.15, 0.2) is 145 Å². The number of carbonyl (C=O) groups is 2. The number of esters is 2. The Bertz CT molecular complexity index is 3890. The summed E-state index contributed by atoms with van der Waals surface area (Å²) in [7, 11) is 0. The van der Waals surface area contributed by atoms with Crippen molar-refractivity contribution in [3.8, 4) is 11.8 Å². The number of aliphatic hydroxyl groups excluding tert-OH is 1. The van der Waals surface area contributed by atoms with Crippen molar-refractivity contribution in [2.75, 3.05) is 6.61 Å². The maximum atomic E-state index is 16.6. The number of rotatable bonds is 13. The molecular weight excluding hydrogens is 1170 g/mol. The van der Waals surface area contributed by atoms with E-state index in [0.717, 1.165) is 69.8 Å². The summed E-state index contributed by atoms with van der Waals surface area (Å²) in [4.78, 5) is 29.5. The van der Waals surface area contributed by atoms with Gasteiger partial charge in [0.25, 0.3) is 0 Å². The Balaban J connectivity index is 0.819. The average Bonchev–Trinajstić information content (AvgIpc) is 0.672. The molecule has 5 aromatic carbocycles. The number of benzene rings is 5. The molecule has 0 amide bonds. The predicted molar refractivity (Wildman–Crippen MR) is 375 cm³/mol. The van der Waals surface area contributed by atoms with E-state index in [-0.39, 0.29) is 70.8 Å². The zero-order valence-electron chi connectivity index (χ0n) is 57.1. The molecule has 95 heavy (non-hydrogen) atoms. The standard InChI is InChI=1S/C88H104O7/c1-57(20-18-23-58-21-8-4-9-22-58)50-67-35-32-60-31-34-66(83(41-15-7-16-42-83)63-25-10-5-11-26-63)52-70(60)80(91)95-73-55-81(2)48-49-86(67,92)88(87(81,93)47-37-59-51-75(90)94-56-59)74(89)40-44-82(3,79(73)88)65-39-46-84-45-38-62-54-85(64-27-12-6-13-28-64)43-17-14-30-71(85)69-36-33-61-24-19-29-68(72(84)53-65)76(61)77(69)78(62)84/h4-6,8-13,19,21-22,24-29,33,36,48-49,51,57,60,62,65-67,70-74,78-79,89,92-93H,7,14-18,20,23,30-31,34,37-47,50,52-56H2,1-3H3. The summed E-state index contributed by atoms with van der Waals surface area (Å²) in [6.45, 7) is 7.10. The first kappa shape index (κ1) is 62.7. The van der Waals surface area contributed by atoms with Crippen LogP contribution >= 0.6 is 0 Å². The van der Waals surface area contributed by atoms with E-state index >= 15 is 15.0 Å². The summed E-state index contributed by atoms with van der Waals surface area (Å²) >= 11 is 0. The van der Waals surface area contributed by atoms with Crippen LogP contribution in [0.2, 0.25) is 0 Å². The predicted octanol–water partition coefficient (Wildman–Crippen LogP) is 18.2. The molecule has 20 atom stereocenters. The minimum atomic E-state index is -1.86. The van der Waals surface area contributed by atoms with Gasteiger partial charge in [0.2, 0.25) is 0 Å². The van der Waals surface area contributed by atoms with E-state index in [1.54, 1.807) is 22.8 Å². The first-order valence-corrected chi connectivity index (χ1v) is 38.2. The minimum absolute atomic E-state index is 0.0395. The monoisotopic (exact) mass is 1270 g/mol. The zero-order chi connectivity index (χ0) is 64.7. The van der Waals surface area contributed by atoms with Gasteiger partial charge in [0.05, 0.1) is 29.0 Å². The van der Waals surface area contributed by atoms with Crippen LogP contribution in [0.4, 0.5) is 0 Å². The quantitative estimate of drug-likeness (QED) is 0.0611. The van der Waals surface area contributed by atoms with Gasteiger partial charge >= 0.3 is 11.9 Å². The van der Waals surface area contributed by atoms with Crippen molar-refractivity contribution in [1.82, 2.24) is 0 Å².